The van der Waals surface area contributed by atoms with Crippen molar-refractivity contribution in [3.8, 4) is 11.5 Å². The van der Waals surface area contributed by atoms with Gasteiger partial charge in [0.15, 0.2) is 0 Å². The first kappa shape index (κ1) is 17.9. The number of benzene rings is 2. The molecule has 0 saturated carbocycles. The molecule has 2 aromatic carbocycles. The molecule has 9 heteroatoms. The monoisotopic (exact) mass is 361 g/mol. The molecular weight excluding hydrogens is 347 g/mol. The van der Waals surface area contributed by atoms with Crippen LogP contribution in [0.3, 0.4) is 0 Å². The minimum absolute atomic E-state index is 0.0794. The summed E-state index contributed by atoms with van der Waals surface area (Å²) in [5.74, 6) is 0.610. The van der Waals surface area contributed by atoms with E-state index >= 15 is 0 Å². The maximum Gasteiger partial charge on any atom is 0.416 e. The van der Waals surface area contributed by atoms with Crippen LogP contribution in [0.25, 0.3) is 0 Å². The SMILES string of the molecule is COc1ccc(NS(=O)(=O)c2cccc(C(F)(F)F)c2)c(OC)c1. The van der Waals surface area contributed by atoms with Gasteiger partial charge in [0, 0.05) is 6.07 Å². The zero-order chi connectivity index (χ0) is 18.0. The molecule has 0 amide bonds. The number of sulfonamides is 1. The van der Waals surface area contributed by atoms with Crippen LogP contribution in [-0.4, -0.2) is 22.6 Å². The Morgan fingerprint density at radius 3 is 2.29 bits per heavy atom. The zero-order valence-electron chi connectivity index (χ0n) is 12.7. The molecule has 0 aliphatic rings. The Labute approximate surface area is 137 Å². The van der Waals surface area contributed by atoms with Gasteiger partial charge in [-0.05, 0) is 30.3 Å². The lowest BCUT2D eigenvalue weighted by Gasteiger charge is -2.14. The number of hydrogen-bond donors (Lipinski definition) is 1. The normalized spacial score (nSPS) is 11.9. The van der Waals surface area contributed by atoms with Gasteiger partial charge in [0.2, 0.25) is 0 Å². The van der Waals surface area contributed by atoms with Crippen molar-refractivity contribution in [1.82, 2.24) is 0 Å². The van der Waals surface area contributed by atoms with Crippen LogP contribution in [0, 0.1) is 0 Å². The Balaban J connectivity index is 2.39. The fraction of sp³-hybridized carbons (Fsp3) is 0.200. The average Bonchev–Trinajstić information content (AvgIpc) is 2.54. The highest BCUT2D eigenvalue weighted by molar-refractivity contribution is 7.92. The summed E-state index contributed by atoms with van der Waals surface area (Å²) in [4.78, 5) is -0.504. The minimum Gasteiger partial charge on any atom is -0.497 e. The Hall–Kier alpha value is -2.42. The molecule has 0 aliphatic heterocycles. The van der Waals surface area contributed by atoms with Gasteiger partial charge in [0.25, 0.3) is 10.0 Å². The van der Waals surface area contributed by atoms with Crippen LogP contribution in [0.1, 0.15) is 5.56 Å². The molecule has 0 radical (unpaired) electrons. The van der Waals surface area contributed by atoms with E-state index in [4.69, 9.17) is 9.47 Å². The van der Waals surface area contributed by atoms with Gasteiger partial charge in [-0.3, -0.25) is 4.72 Å². The molecule has 0 fully saturated rings. The van der Waals surface area contributed by atoms with Crippen LogP contribution in [0.5, 0.6) is 11.5 Å². The third-order valence-electron chi connectivity index (χ3n) is 3.12. The van der Waals surface area contributed by atoms with E-state index in [1.54, 1.807) is 0 Å². The summed E-state index contributed by atoms with van der Waals surface area (Å²) in [5, 5.41) is 0. The number of anilines is 1. The molecule has 0 bridgehead atoms. The van der Waals surface area contributed by atoms with Crippen LogP contribution >= 0.6 is 0 Å². The first-order chi connectivity index (χ1) is 11.2. The maximum atomic E-state index is 12.7. The average molecular weight is 361 g/mol. The largest absolute Gasteiger partial charge is 0.497 e. The van der Waals surface area contributed by atoms with E-state index in [0.717, 1.165) is 18.2 Å². The fourth-order valence-electron chi connectivity index (χ4n) is 1.93. The molecular formula is C15H14F3NO4S. The molecule has 0 spiro atoms. The van der Waals surface area contributed by atoms with E-state index in [1.807, 2.05) is 0 Å². The summed E-state index contributed by atoms with van der Waals surface area (Å²) < 4.78 is 75.2. The van der Waals surface area contributed by atoms with Crippen molar-refractivity contribution in [3.05, 3.63) is 48.0 Å². The fourth-order valence-corrected chi connectivity index (χ4v) is 3.04. The summed E-state index contributed by atoms with van der Waals surface area (Å²) in [6.07, 6.45) is -4.64. The van der Waals surface area contributed by atoms with Crippen LogP contribution < -0.4 is 14.2 Å². The topological polar surface area (TPSA) is 64.6 Å². The number of halogens is 3. The maximum absolute atomic E-state index is 12.7. The van der Waals surface area contributed by atoms with E-state index in [-0.39, 0.29) is 11.4 Å². The molecule has 5 nitrogen and oxygen atoms in total. The van der Waals surface area contributed by atoms with Crippen molar-refractivity contribution in [3.63, 3.8) is 0 Å². The van der Waals surface area contributed by atoms with E-state index in [1.165, 1.54) is 32.4 Å². The van der Waals surface area contributed by atoms with Crippen LogP contribution in [0.15, 0.2) is 47.4 Å². The van der Waals surface area contributed by atoms with Crippen LogP contribution in [0.2, 0.25) is 0 Å². The molecule has 2 rings (SSSR count). The first-order valence-corrected chi connectivity index (χ1v) is 8.08. The Bertz CT molecular complexity index is 835. The van der Waals surface area contributed by atoms with E-state index in [0.29, 0.717) is 11.8 Å². The van der Waals surface area contributed by atoms with Crippen molar-refractivity contribution < 1.29 is 31.1 Å². The third-order valence-corrected chi connectivity index (χ3v) is 4.49. The molecule has 0 atom stereocenters. The summed E-state index contributed by atoms with van der Waals surface area (Å²) >= 11 is 0. The Morgan fingerprint density at radius 2 is 1.71 bits per heavy atom. The molecule has 2 aromatic rings. The van der Waals surface area contributed by atoms with Gasteiger partial charge in [0.05, 0.1) is 30.4 Å². The molecule has 0 saturated heterocycles. The molecule has 0 unspecified atom stereocenters. The van der Waals surface area contributed by atoms with E-state index in [9.17, 15) is 21.6 Å². The molecule has 24 heavy (non-hydrogen) atoms. The molecule has 130 valence electrons. The van der Waals surface area contributed by atoms with Crippen LogP contribution in [0.4, 0.5) is 18.9 Å². The zero-order valence-corrected chi connectivity index (χ0v) is 13.5. The highest BCUT2D eigenvalue weighted by atomic mass is 32.2. The number of alkyl halides is 3. The van der Waals surface area contributed by atoms with E-state index < -0.39 is 26.7 Å². The molecule has 0 heterocycles. The highest BCUT2D eigenvalue weighted by Crippen LogP contribution is 2.33. The Kier molecular flexibility index (Phi) is 4.93. The molecule has 1 N–H and O–H groups in total. The van der Waals surface area contributed by atoms with Gasteiger partial charge in [-0.25, -0.2) is 8.42 Å². The van der Waals surface area contributed by atoms with Gasteiger partial charge < -0.3 is 9.47 Å². The lowest BCUT2D eigenvalue weighted by molar-refractivity contribution is -0.137. The van der Waals surface area contributed by atoms with E-state index in [2.05, 4.69) is 4.72 Å². The predicted molar refractivity (Wildman–Crippen MR) is 81.8 cm³/mol. The summed E-state index contributed by atoms with van der Waals surface area (Å²) in [6, 6.07) is 7.81. The summed E-state index contributed by atoms with van der Waals surface area (Å²) in [6.45, 7) is 0. The summed E-state index contributed by atoms with van der Waals surface area (Å²) in [7, 11) is -1.46. The quantitative estimate of drug-likeness (QED) is 0.885. The second-order valence-corrected chi connectivity index (χ2v) is 6.38. The molecule has 0 aliphatic carbocycles. The number of methoxy groups -OCH3 is 2. The second kappa shape index (κ2) is 6.60. The summed E-state index contributed by atoms with van der Waals surface area (Å²) in [5.41, 5.74) is -0.970. The van der Waals surface area contributed by atoms with Crippen LogP contribution in [-0.2, 0) is 16.2 Å². The predicted octanol–water partition coefficient (Wildman–Crippen LogP) is 3.52. The molecule has 0 aromatic heterocycles. The van der Waals surface area contributed by atoms with Crippen molar-refractivity contribution in [2.45, 2.75) is 11.1 Å². The van der Waals surface area contributed by atoms with Crippen molar-refractivity contribution in [2.24, 2.45) is 0 Å². The minimum atomic E-state index is -4.64. The number of hydrogen-bond acceptors (Lipinski definition) is 4. The van der Waals surface area contributed by atoms with Gasteiger partial charge in [-0.2, -0.15) is 13.2 Å². The van der Waals surface area contributed by atoms with Gasteiger partial charge in [-0.1, -0.05) is 6.07 Å². The number of ether oxygens (including phenoxy) is 2. The lowest BCUT2D eigenvalue weighted by atomic mass is 10.2. The third kappa shape index (κ3) is 3.91. The van der Waals surface area contributed by atoms with Crippen molar-refractivity contribution >= 4 is 15.7 Å². The van der Waals surface area contributed by atoms with Crippen molar-refractivity contribution in [1.29, 1.82) is 0 Å². The second-order valence-electron chi connectivity index (χ2n) is 4.70. The highest BCUT2D eigenvalue weighted by Gasteiger charge is 2.31. The van der Waals surface area contributed by atoms with Crippen molar-refractivity contribution in [2.75, 3.05) is 18.9 Å². The standard InChI is InChI=1S/C15H14F3NO4S/c1-22-11-6-7-13(14(9-11)23-2)19-24(20,21)12-5-3-4-10(8-12)15(16,17)18/h3-9,19H,1-2H3. The van der Waals surface area contributed by atoms with Gasteiger partial charge >= 0.3 is 6.18 Å². The smallest absolute Gasteiger partial charge is 0.416 e. The first-order valence-electron chi connectivity index (χ1n) is 6.59. The number of nitrogens with one attached hydrogen (secondary N) is 1. The number of rotatable bonds is 5. The van der Waals surface area contributed by atoms with Gasteiger partial charge in [-0.15, -0.1) is 0 Å². The Morgan fingerprint density at radius 1 is 1.00 bits per heavy atom. The van der Waals surface area contributed by atoms with Gasteiger partial charge in [0.1, 0.15) is 11.5 Å². The lowest BCUT2D eigenvalue weighted by Crippen LogP contribution is -2.15.